The van der Waals surface area contributed by atoms with E-state index in [1.807, 2.05) is 0 Å². The number of fused-ring (bicyclic) bond motifs is 4. The van der Waals surface area contributed by atoms with Crippen LogP contribution < -0.4 is 5.32 Å². The van der Waals surface area contributed by atoms with E-state index < -0.39 is 0 Å². The highest BCUT2D eigenvalue weighted by atomic mass is 16.5. The van der Waals surface area contributed by atoms with Crippen molar-refractivity contribution >= 4 is 0 Å². The molecule has 0 spiro atoms. The van der Waals surface area contributed by atoms with E-state index in [0.717, 1.165) is 36.9 Å². The molecule has 0 aromatic heterocycles. The molecule has 0 aromatic carbocycles. The zero-order valence-electron chi connectivity index (χ0n) is 6.05. The lowest BCUT2D eigenvalue weighted by Gasteiger charge is -2.42. The lowest BCUT2D eigenvalue weighted by atomic mass is 9.60. The molecular weight excluding hydrogens is 126 g/mol. The second-order valence-electron chi connectivity index (χ2n) is 3.85. The van der Waals surface area contributed by atoms with Crippen molar-refractivity contribution in [2.24, 2.45) is 23.7 Å². The van der Waals surface area contributed by atoms with Crippen molar-refractivity contribution in [3.8, 4) is 0 Å². The molecule has 2 heterocycles. The van der Waals surface area contributed by atoms with Crippen LogP contribution in [0.2, 0.25) is 0 Å². The second kappa shape index (κ2) is 1.74. The van der Waals surface area contributed by atoms with Gasteiger partial charge in [0.15, 0.2) is 0 Å². The first-order valence-electron chi connectivity index (χ1n) is 4.25. The van der Waals surface area contributed by atoms with Crippen LogP contribution in [0.15, 0.2) is 0 Å². The summed E-state index contributed by atoms with van der Waals surface area (Å²) in [6.07, 6.45) is 0. The molecule has 4 atom stereocenters. The molecule has 0 amide bonds. The highest BCUT2D eigenvalue weighted by Crippen LogP contribution is 2.51. The third-order valence-corrected chi connectivity index (χ3v) is 3.58. The monoisotopic (exact) mass is 139 g/mol. The fraction of sp³-hybridized carbons (Fsp3) is 1.00. The van der Waals surface area contributed by atoms with Crippen LogP contribution in [0.5, 0.6) is 0 Å². The summed E-state index contributed by atoms with van der Waals surface area (Å²) in [5, 5.41) is 3.46. The predicted molar refractivity (Wildman–Crippen MR) is 37.6 cm³/mol. The summed E-state index contributed by atoms with van der Waals surface area (Å²) in [6.45, 7) is 4.62. The van der Waals surface area contributed by atoms with Gasteiger partial charge in [0.1, 0.15) is 0 Å². The number of hydrogen-bond acceptors (Lipinski definition) is 2. The van der Waals surface area contributed by atoms with E-state index in [2.05, 4.69) is 5.32 Å². The highest BCUT2D eigenvalue weighted by molar-refractivity contribution is 5.04. The van der Waals surface area contributed by atoms with Crippen LogP contribution in [-0.4, -0.2) is 26.3 Å². The van der Waals surface area contributed by atoms with E-state index in [-0.39, 0.29) is 0 Å². The summed E-state index contributed by atoms with van der Waals surface area (Å²) >= 11 is 0. The van der Waals surface area contributed by atoms with E-state index in [1.165, 1.54) is 13.1 Å². The number of nitrogens with one attached hydrogen (secondary N) is 1. The van der Waals surface area contributed by atoms with Crippen LogP contribution in [0, 0.1) is 23.7 Å². The molecule has 56 valence electrons. The Hall–Kier alpha value is -0.0800. The van der Waals surface area contributed by atoms with Gasteiger partial charge in [-0.2, -0.15) is 0 Å². The van der Waals surface area contributed by atoms with Crippen LogP contribution >= 0.6 is 0 Å². The molecule has 1 N–H and O–H groups in total. The molecule has 0 aromatic rings. The van der Waals surface area contributed by atoms with Crippen LogP contribution in [-0.2, 0) is 4.74 Å². The molecular formula is C8H13NO. The quantitative estimate of drug-likeness (QED) is 0.514. The highest BCUT2D eigenvalue weighted by Gasteiger charge is 2.54. The Morgan fingerprint density at radius 3 is 2.10 bits per heavy atom. The van der Waals surface area contributed by atoms with Gasteiger partial charge in [-0.3, -0.25) is 0 Å². The molecule has 3 fully saturated rings. The molecule has 2 saturated heterocycles. The molecule has 0 bridgehead atoms. The number of ether oxygens (including phenoxy) is 1. The molecule has 0 unspecified atom stereocenters. The first-order chi connectivity index (χ1) is 4.97. The van der Waals surface area contributed by atoms with E-state index in [0.29, 0.717) is 0 Å². The Labute approximate surface area is 60.9 Å². The van der Waals surface area contributed by atoms with Crippen LogP contribution in [0.3, 0.4) is 0 Å². The first kappa shape index (κ1) is 5.56. The minimum atomic E-state index is 0.931. The Bertz CT molecular complexity index is 117. The normalized spacial score (nSPS) is 57.6. The van der Waals surface area contributed by atoms with Gasteiger partial charge < -0.3 is 10.1 Å². The van der Waals surface area contributed by atoms with Gasteiger partial charge in [-0.1, -0.05) is 0 Å². The maximum absolute atomic E-state index is 5.44. The average Bonchev–Trinajstić information content (AvgIpc) is 2.42. The van der Waals surface area contributed by atoms with Gasteiger partial charge in [0.2, 0.25) is 0 Å². The lowest BCUT2D eigenvalue weighted by Crippen LogP contribution is -2.44. The number of rotatable bonds is 0. The van der Waals surface area contributed by atoms with Crippen LogP contribution in [0.25, 0.3) is 0 Å². The maximum Gasteiger partial charge on any atom is 0.0501 e. The van der Waals surface area contributed by atoms with E-state index >= 15 is 0 Å². The zero-order valence-corrected chi connectivity index (χ0v) is 6.05. The molecule has 1 aliphatic carbocycles. The van der Waals surface area contributed by atoms with Gasteiger partial charge in [-0.15, -0.1) is 0 Å². The standard InChI is InChI=1S/C8H13NO/c1-5-6(2-9-1)8-4-10-3-7(5)8/h5-9H,1-4H2/t5-,6+,7-,8-/m0/s1. The number of hydrogen-bond donors (Lipinski definition) is 1. The van der Waals surface area contributed by atoms with Gasteiger partial charge in [0.25, 0.3) is 0 Å². The van der Waals surface area contributed by atoms with Crippen LogP contribution in [0.1, 0.15) is 0 Å². The molecule has 1 saturated carbocycles. The summed E-state index contributed by atoms with van der Waals surface area (Å²) in [6, 6.07) is 0. The topological polar surface area (TPSA) is 21.3 Å². The van der Waals surface area contributed by atoms with E-state index in [1.54, 1.807) is 0 Å². The largest absolute Gasteiger partial charge is 0.381 e. The fourth-order valence-electron chi connectivity index (χ4n) is 2.98. The van der Waals surface area contributed by atoms with E-state index in [9.17, 15) is 0 Å². The molecule has 3 aliphatic rings. The molecule has 0 radical (unpaired) electrons. The van der Waals surface area contributed by atoms with Gasteiger partial charge in [0, 0.05) is 0 Å². The Balaban J connectivity index is 1.84. The molecule has 2 heteroatoms. The summed E-state index contributed by atoms with van der Waals surface area (Å²) in [7, 11) is 0. The lowest BCUT2D eigenvalue weighted by molar-refractivity contribution is 0.0629. The molecule has 2 nitrogen and oxygen atoms in total. The summed E-state index contributed by atoms with van der Waals surface area (Å²) in [4.78, 5) is 0. The SMILES string of the molecule is C1NC[C@H]2[C@@H]1[C@@H]1COC[C@@H]21. The minimum Gasteiger partial charge on any atom is -0.381 e. The van der Waals surface area contributed by atoms with Crippen molar-refractivity contribution in [2.75, 3.05) is 26.3 Å². The molecule has 10 heavy (non-hydrogen) atoms. The smallest absolute Gasteiger partial charge is 0.0501 e. The molecule has 3 rings (SSSR count). The average molecular weight is 139 g/mol. The summed E-state index contributed by atoms with van der Waals surface area (Å²) in [5.41, 5.74) is 0. The fourth-order valence-corrected chi connectivity index (χ4v) is 2.98. The Morgan fingerprint density at radius 2 is 1.50 bits per heavy atom. The third-order valence-electron chi connectivity index (χ3n) is 3.58. The van der Waals surface area contributed by atoms with Gasteiger partial charge in [-0.05, 0) is 36.8 Å². The maximum atomic E-state index is 5.44. The van der Waals surface area contributed by atoms with Crippen molar-refractivity contribution < 1.29 is 4.74 Å². The summed E-state index contributed by atoms with van der Waals surface area (Å²) < 4.78 is 5.44. The van der Waals surface area contributed by atoms with Crippen molar-refractivity contribution in [3.63, 3.8) is 0 Å². The summed E-state index contributed by atoms with van der Waals surface area (Å²) in [5.74, 6) is 3.82. The second-order valence-corrected chi connectivity index (χ2v) is 3.85. The van der Waals surface area contributed by atoms with Crippen molar-refractivity contribution in [3.05, 3.63) is 0 Å². The third kappa shape index (κ3) is 0.487. The minimum absolute atomic E-state index is 0.931. The van der Waals surface area contributed by atoms with Gasteiger partial charge >= 0.3 is 0 Å². The molecule has 2 aliphatic heterocycles. The zero-order chi connectivity index (χ0) is 6.55. The predicted octanol–water partition coefficient (Wildman–Crippen LogP) is 0.0982. The van der Waals surface area contributed by atoms with Gasteiger partial charge in [-0.25, -0.2) is 0 Å². The van der Waals surface area contributed by atoms with Crippen molar-refractivity contribution in [1.82, 2.24) is 5.32 Å². The van der Waals surface area contributed by atoms with Crippen molar-refractivity contribution in [2.45, 2.75) is 0 Å². The van der Waals surface area contributed by atoms with Crippen LogP contribution in [0.4, 0.5) is 0 Å². The van der Waals surface area contributed by atoms with Crippen molar-refractivity contribution in [1.29, 1.82) is 0 Å². The van der Waals surface area contributed by atoms with E-state index in [4.69, 9.17) is 4.74 Å². The Morgan fingerprint density at radius 1 is 0.900 bits per heavy atom. The Kier molecular flexibility index (Phi) is 0.968. The first-order valence-corrected chi connectivity index (χ1v) is 4.25. The van der Waals surface area contributed by atoms with Gasteiger partial charge in [0.05, 0.1) is 13.2 Å².